The van der Waals surface area contributed by atoms with Gasteiger partial charge in [-0.1, -0.05) is 13.0 Å². The molecule has 0 aromatic carbocycles. The minimum absolute atomic E-state index is 0.711. The molecular weight excluding hydrogens is 206 g/mol. The fraction of sp³-hybridized carbons (Fsp3) is 0.273. The monoisotopic (exact) mass is 219 g/mol. The second-order valence-electron chi connectivity index (χ2n) is 3.17. The minimum Gasteiger partial charge on any atom is -0.354 e. The first-order valence-electron chi connectivity index (χ1n) is 5.01. The van der Waals surface area contributed by atoms with Crippen molar-refractivity contribution in [3.63, 3.8) is 0 Å². The zero-order valence-electron chi connectivity index (χ0n) is 8.60. The van der Waals surface area contributed by atoms with Crippen LogP contribution < -0.4 is 5.32 Å². The summed E-state index contributed by atoms with van der Waals surface area (Å²) in [6.45, 7) is 3.03. The third-order valence-corrected chi connectivity index (χ3v) is 2.85. The summed E-state index contributed by atoms with van der Waals surface area (Å²) in [4.78, 5) is 9.79. The van der Waals surface area contributed by atoms with Gasteiger partial charge in [0, 0.05) is 12.7 Å². The van der Waals surface area contributed by atoms with Crippen LogP contribution in [0.2, 0.25) is 0 Å². The highest BCUT2D eigenvalue weighted by Gasteiger charge is 2.01. The Labute approximate surface area is 93.2 Å². The predicted octanol–water partition coefficient (Wildman–Crippen LogP) is 3.03. The first-order valence-corrected chi connectivity index (χ1v) is 5.89. The summed E-state index contributed by atoms with van der Waals surface area (Å²) in [5.74, 6) is 0.711. The molecule has 0 radical (unpaired) electrons. The number of nitrogens with one attached hydrogen (secondary N) is 1. The Morgan fingerprint density at radius 3 is 3.07 bits per heavy atom. The van der Waals surface area contributed by atoms with Crippen molar-refractivity contribution in [3.8, 4) is 10.6 Å². The molecule has 2 aromatic rings. The van der Waals surface area contributed by atoms with E-state index in [9.17, 15) is 0 Å². The summed E-state index contributed by atoms with van der Waals surface area (Å²) in [7, 11) is 0. The Balaban J connectivity index is 2.19. The van der Waals surface area contributed by atoms with Crippen LogP contribution in [0.25, 0.3) is 10.6 Å². The van der Waals surface area contributed by atoms with E-state index in [0.717, 1.165) is 18.7 Å². The van der Waals surface area contributed by atoms with Crippen molar-refractivity contribution >= 4 is 17.3 Å². The SMILES string of the molecule is CCCNc1nccc(-c2cccs2)n1. The Morgan fingerprint density at radius 1 is 1.40 bits per heavy atom. The average molecular weight is 219 g/mol. The summed E-state index contributed by atoms with van der Waals surface area (Å²) in [5, 5.41) is 5.23. The van der Waals surface area contributed by atoms with E-state index in [1.807, 2.05) is 12.1 Å². The number of hydrogen-bond donors (Lipinski definition) is 1. The van der Waals surface area contributed by atoms with Gasteiger partial charge in [0.1, 0.15) is 0 Å². The van der Waals surface area contributed by atoms with Gasteiger partial charge in [0.2, 0.25) is 5.95 Å². The van der Waals surface area contributed by atoms with Gasteiger partial charge in [0.25, 0.3) is 0 Å². The van der Waals surface area contributed by atoms with E-state index in [2.05, 4.69) is 33.7 Å². The molecule has 0 aliphatic heterocycles. The molecule has 2 aromatic heterocycles. The molecule has 0 atom stereocenters. The minimum atomic E-state index is 0.711. The molecule has 0 aliphatic rings. The van der Waals surface area contributed by atoms with Crippen molar-refractivity contribution in [2.75, 3.05) is 11.9 Å². The van der Waals surface area contributed by atoms with Gasteiger partial charge in [-0.3, -0.25) is 0 Å². The second-order valence-corrected chi connectivity index (χ2v) is 4.12. The van der Waals surface area contributed by atoms with E-state index in [1.165, 1.54) is 4.88 Å². The van der Waals surface area contributed by atoms with Crippen molar-refractivity contribution in [3.05, 3.63) is 29.8 Å². The summed E-state index contributed by atoms with van der Waals surface area (Å²) < 4.78 is 0. The number of hydrogen-bond acceptors (Lipinski definition) is 4. The van der Waals surface area contributed by atoms with Crippen LogP contribution in [0.1, 0.15) is 13.3 Å². The van der Waals surface area contributed by atoms with Crippen LogP contribution in [-0.2, 0) is 0 Å². The van der Waals surface area contributed by atoms with Gasteiger partial charge in [-0.15, -0.1) is 11.3 Å². The molecule has 4 heteroatoms. The van der Waals surface area contributed by atoms with Crippen LogP contribution in [0.4, 0.5) is 5.95 Å². The van der Waals surface area contributed by atoms with Crippen LogP contribution in [0.5, 0.6) is 0 Å². The molecule has 0 aliphatic carbocycles. The van der Waals surface area contributed by atoms with Crippen molar-refractivity contribution in [2.45, 2.75) is 13.3 Å². The van der Waals surface area contributed by atoms with Crippen LogP contribution in [0, 0.1) is 0 Å². The first-order chi connectivity index (χ1) is 7.40. The lowest BCUT2D eigenvalue weighted by molar-refractivity contribution is 0.953. The van der Waals surface area contributed by atoms with Gasteiger partial charge in [0.05, 0.1) is 10.6 Å². The molecule has 0 saturated heterocycles. The van der Waals surface area contributed by atoms with E-state index in [1.54, 1.807) is 17.5 Å². The molecular formula is C11H13N3S. The summed E-state index contributed by atoms with van der Waals surface area (Å²) in [6.07, 6.45) is 2.87. The van der Waals surface area contributed by atoms with Gasteiger partial charge in [-0.2, -0.15) is 0 Å². The molecule has 78 valence electrons. The predicted molar refractivity (Wildman–Crippen MR) is 64.1 cm³/mol. The van der Waals surface area contributed by atoms with Crippen LogP contribution >= 0.6 is 11.3 Å². The lowest BCUT2D eigenvalue weighted by Crippen LogP contribution is -2.04. The highest BCUT2D eigenvalue weighted by molar-refractivity contribution is 7.13. The van der Waals surface area contributed by atoms with Crippen molar-refractivity contribution in [1.82, 2.24) is 9.97 Å². The molecule has 0 unspecified atom stereocenters. The molecule has 1 N–H and O–H groups in total. The fourth-order valence-electron chi connectivity index (χ4n) is 1.24. The number of aromatic nitrogens is 2. The molecule has 0 bridgehead atoms. The van der Waals surface area contributed by atoms with Crippen molar-refractivity contribution < 1.29 is 0 Å². The Bertz CT molecular complexity index is 412. The normalized spacial score (nSPS) is 10.2. The van der Waals surface area contributed by atoms with E-state index < -0.39 is 0 Å². The molecule has 15 heavy (non-hydrogen) atoms. The third kappa shape index (κ3) is 2.53. The Kier molecular flexibility index (Phi) is 3.29. The van der Waals surface area contributed by atoms with Crippen LogP contribution in [0.15, 0.2) is 29.8 Å². The average Bonchev–Trinajstić information content (AvgIpc) is 2.80. The van der Waals surface area contributed by atoms with Gasteiger partial charge >= 0.3 is 0 Å². The largest absolute Gasteiger partial charge is 0.354 e. The highest BCUT2D eigenvalue weighted by Crippen LogP contribution is 2.22. The summed E-state index contributed by atoms with van der Waals surface area (Å²) in [5.41, 5.74) is 0.985. The van der Waals surface area contributed by atoms with E-state index in [4.69, 9.17) is 0 Å². The Hall–Kier alpha value is -1.42. The standard InChI is InChI=1S/C11H13N3S/c1-2-6-12-11-13-7-5-9(14-11)10-4-3-8-15-10/h3-5,7-8H,2,6H2,1H3,(H,12,13,14). The lowest BCUT2D eigenvalue weighted by atomic mass is 10.3. The highest BCUT2D eigenvalue weighted by atomic mass is 32.1. The summed E-state index contributed by atoms with van der Waals surface area (Å²) in [6, 6.07) is 6.03. The fourth-order valence-corrected chi connectivity index (χ4v) is 1.94. The lowest BCUT2D eigenvalue weighted by Gasteiger charge is -2.03. The van der Waals surface area contributed by atoms with Gasteiger partial charge in [-0.05, 0) is 23.9 Å². The molecule has 2 heterocycles. The maximum atomic E-state index is 4.44. The zero-order chi connectivity index (χ0) is 10.5. The molecule has 2 rings (SSSR count). The number of thiophene rings is 1. The van der Waals surface area contributed by atoms with Gasteiger partial charge in [0.15, 0.2) is 0 Å². The third-order valence-electron chi connectivity index (χ3n) is 1.96. The first kappa shape index (κ1) is 10.1. The van der Waals surface area contributed by atoms with Crippen LogP contribution in [-0.4, -0.2) is 16.5 Å². The molecule has 0 amide bonds. The van der Waals surface area contributed by atoms with Crippen molar-refractivity contribution in [2.24, 2.45) is 0 Å². The molecule has 0 spiro atoms. The molecule has 0 saturated carbocycles. The van der Waals surface area contributed by atoms with E-state index in [0.29, 0.717) is 5.95 Å². The number of rotatable bonds is 4. The smallest absolute Gasteiger partial charge is 0.223 e. The zero-order valence-corrected chi connectivity index (χ0v) is 9.42. The van der Waals surface area contributed by atoms with Gasteiger partial charge < -0.3 is 5.32 Å². The quantitative estimate of drug-likeness (QED) is 0.859. The second kappa shape index (κ2) is 4.89. The van der Waals surface area contributed by atoms with Crippen molar-refractivity contribution in [1.29, 1.82) is 0 Å². The number of nitrogens with zero attached hydrogens (tertiary/aromatic N) is 2. The number of anilines is 1. The van der Waals surface area contributed by atoms with Crippen LogP contribution in [0.3, 0.4) is 0 Å². The van der Waals surface area contributed by atoms with E-state index in [-0.39, 0.29) is 0 Å². The van der Waals surface area contributed by atoms with E-state index >= 15 is 0 Å². The molecule has 3 nitrogen and oxygen atoms in total. The van der Waals surface area contributed by atoms with Gasteiger partial charge in [-0.25, -0.2) is 9.97 Å². The maximum absolute atomic E-state index is 4.44. The Morgan fingerprint density at radius 2 is 2.33 bits per heavy atom. The molecule has 0 fully saturated rings. The summed E-state index contributed by atoms with van der Waals surface area (Å²) >= 11 is 1.69. The topological polar surface area (TPSA) is 37.8 Å². The maximum Gasteiger partial charge on any atom is 0.223 e.